The number of nitrogens with one attached hydrogen (secondary N) is 1. The lowest BCUT2D eigenvalue weighted by Crippen LogP contribution is -2.45. The Morgan fingerprint density at radius 2 is 1.76 bits per heavy atom. The summed E-state index contributed by atoms with van der Waals surface area (Å²) < 4.78 is 15.5. The summed E-state index contributed by atoms with van der Waals surface area (Å²) in [5, 5.41) is 3.11. The highest BCUT2D eigenvalue weighted by Gasteiger charge is 2.20. The number of hydrogen-bond acceptors (Lipinski definition) is 5. The van der Waals surface area contributed by atoms with E-state index in [0.717, 1.165) is 0 Å². The van der Waals surface area contributed by atoms with Gasteiger partial charge in [-0.15, -0.1) is 0 Å². The van der Waals surface area contributed by atoms with E-state index in [-0.39, 0.29) is 12.0 Å². The molecular formula is C12H25NO4. The van der Waals surface area contributed by atoms with Gasteiger partial charge in [0, 0.05) is 12.6 Å². The highest BCUT2D eigenvalue weighted by molar-refractivity contribution is 5.75. The Hall–Kier alpha value is -0.650. The molecule has 0 rings (SSSR count). The lowest BCUT2D eigenvalue weighted by atomic mass is 10.2. The van der Waals surface area contributed by atoms with Gasteiger partial charge in [0.15, 0.2) is 0 Å². The van der Waals surface area contributed by atoms with E-state index in [0.29, 0.717) is 33.0 Å². The van der Waals surface area contributed by atoms with Crippen LogP contribution in [0.2, 0.25) is 0 Å². The zero-order chi connectivity index (χ0) is 13.1. The van der Waals surface area contributed by atoms with Crippen LogP contribution < -0.4 is 5.32 Å². The number of esters is 1. The molecule has 0 amide bonds. The molecule has 102 valence electrons. The van der Waals surface area contributed by atoms with E-state index in [1.165, 1.54) is 0 Å². The molecule has 1 N–H and O–H groups in total. The molecule has 0 aliphatic carbocycles. The van der Waals surface area contributed by atoms with Crippen molar-refractivity contribution < 1.29 is 19.0 Å². The van der Waals surface area contributed by atoms with Gasteiger partial charge >= 0.3 is 5.97 Å². The Balaban J connectivity index is 3.89. The largest absolute Gasteiger partial charge is 0.465 e. The quantitative estimate of drug-likeness (QED) is 0.460. The zero-order valence-corrected chi connectivity index (χ0v) is 11.3. The normalized spacial score (nSPS) is 12.8. The maximum atomic E-state index is 11.6. The highest BCUT2D eigenvalue weighted by Crippen LogP contribution is 1.94. The summed E-state index contributed by atoms with van der Waals surface area (Å²) in [7, 11) is 0. The topological polar surface area (TPSA) is 56.8 Å². The number of carbonyl (C=O) groups is 1. The van der Waals surface area contributed by atoms with E-state index in [2.05, 4.69) is 5.32 Å². The van der Waals surface area contributed by atoms with Gasteiger partial charge in [-0.05, 0) is 13.8 Å². The van der Waals surface area contributed by atoms with Gasteiger partial charge in [-0.3, -0.25) is 4.79 Å². The van der Waals surface area contributed by atoms with Gasteiger partial charge in [-0.2, -0.15) is 0 Å². The van der Waals surface area contributed by atoms with E-state index < -0.39 is 6.04 Å². The van der Waals surface area contributed by atoms with Crippen molar-refractivity contribution in [1.82, 2.24) is 5.32 Å². The number of ether oxygens (including phenoxy) is 3. The molecule has 0 saturated heterocycles. The molecule has 5 heteroatoms. The molecule has 0 aromatic rings. The molecule has 0 radical (unpaired) electrons. The summed E-state index contributed by atoms with van der Waals surface area (Å²) in [5.74, 6) is -0.266. The lowest BCUT2D eigenvalue weighted by Gasteiger charge is -2.19. The van der Waals surface area contributed by atoms with E-state index in [9.17, 15) is 4.79 Å². The Kier molecular flexibility index (Phi) is 10.1. The first kappa shape index (κ1) is 16.4. The minimum atomic E-state index is -0.406. The molecule has 0 aliphatic heterocycles. The Bertz CT molecular complexity index is 197. The standard InChI is InChI=1S/C12H25NO4/c1-5-15-7-8-16-9-11(13-10(3)4)12(14)17-6-2/h10-11,13H,5-9H2,1-4H3. The third-order valence-electron chi connectivity index (χ3n) is 1.97. The second-order valence-electron chi connectivity index (χ2n) is 3.90. The van der Waals surface area contributed by atoms with Gasteiger partial charge in [-0.1, -0.05) is 13.8 Å². The third-order valence-corrected chi connectivity index (χ3v) is 1.97. The molecule has 0 aromatic carbocycles. The van der Waals surface area contributed by atoms with Gasteiger partial charge in [0.25, 0.3) is 0 Å². The second kappa shape index (κ2) is 10.5. The van der Waals surface area contributed by atoms with Crippen LogP contribution in [-0.2, 0) is 19.0 Å². The van der Waals surface area contributed by atoms with E-state index in [4.69, 9.17) is 14.2 Å². The molecule has 0 bridgehead atoms. The Morgan fingerprint density at radius 3 is 2.29 bits per heavy atom. The van der Waals surface area contributed by atoms with Gasteiger partial charge in [0.2, 0.25) is 0 Å². The minimum Gasteiger partial charge on any atom is -0.465 e. The molecule has 0 fully saturated rings. The van der Waals surface area contributed by atoms with Crippen LogP contribution >= 0.6 is 0 Å². The monoisotopic (exact) mass is 247 g/mol. The van der Waals surface area contributed by atoms with Crippen LogP contribution in [0.25, 0.3) is 0 Å². The van der Waals surface area contributed by atoms with Crippen molar-refractivity contribution in [2.75, 3.05) is 33.0 Å². The summed E-state index contributed by atoms with van der Waals surface area (Å²) in [4.78, 5) is 11.6. The highest BCUT2D eigenvalue weighted by atomic mass is 16.5. The predicted molar refractivity (Wildman–Crippen MR) is 66.0 cm³/mol. The van der Waals surface area contributed by atoms with Crippen molar-refractivity contribution in [2.45, 2.75) is 39.8 Å². The summed E-state index contributed by atoms with van der Waals surface area (Å²) in [5.41, 5.74) is 0. The van der Waals surface area contributed by atoms with Gasteiger partial charge in [0.1, 0.15) is 6.04 Å². The molecular weight excluding hydrogens is 222 g/mol. The first-order chi connectivity index (χ1) is 8.11. The minimum absolute atomic E-state index is 0.208. The second-order valence-corrected chi connectivity index (χ2v) is 3.90. The number of hydrogen-bond donors (Lipinski definition) is 1. The van der Waals surface area contributed by atoms with Crippen LogP contribution in [0.3, 0.4) is 0 Å². The van der Waals surface area contributed by atoms with Crippen LogP contribution in [0.5, 0.6) is 0 Å². The van der Waals surface area contributed by atoms with Crippen molar-refractivity contribution in [2.24, 2.45) is 0 Å². The third kappa shape index (κ3) is 9.09. The van der Waals surface area contributed by atoms with E-state index >= 15 is 0 Å². The summed E-state index contributed by atoms with van der Waals surface area (Å²) in [6.45, 7) is 10.1. The first-order valence-corrected chi connectivity index (χ1v) is 6.19. The van der Waals surface area contributed by atoms with Crippen molar-refractivity contribution in [3.05, 3.63) is 0 Å². The molecule has 0 spiro atoms. The van der Waals surface area contributed by atoms with Crippen molar-refractivity contribution >= 4 is 5.97 Å². The molecule has 17 heavy (non-hydrogen) atoms. The maximum absolute atomic E-state index is 11.6. The number of rotatable bonds is 10. The van der Waals surface area contributed by atoms with Crippen molar-refractivity contribution in [3.63, 3.8) is 0 Å². The summed E-state index contributed by atoms with van der Waals surface area (Å²) >= 11 is 0. The van der Waals surface area contributed by atoms with Crippen LogP contribution in [-0.4, -0.2) is 51.1 Å². The average molecular weight is 247 g/mol. The molecule has 0 aromatic heterocycles. The van der Waals surface area contributed by atoms with Crippen LogP contribution in [0.1, 0.15) is 27.7 Å². The van der Waals surface area contributed by atoms with Crippen molar-refractivity contribution in [3.8, 4) is 0 Å². The molecule has 0 aliphatic rings. The Labute approximate surface area is 104 Å². The fourth-order valence-corrected chi connectivity index (χ4v) is 1.29. The maximum Gasteiger partial charge on any atom is 0.325 e. The van der Waals surface area contributed by atoms with Crippen LogP contribution in [0.15, 0.2) is 0 Å². The molecule has 0 heterocycles. The Morgan fingerprint density at radius 1 is 1.12 bits per heavy atom. The van der Waals surface area contributed by atoms with Gasteiger partial charge < -0.3 is 19.5 Å². The summed E-state index contributed by atoms with van der Waals surface area (Å²) in [6.07, 6.45) is 0. The van der Waals surface area contributed by atoms with Crippen molar-refractivity contribution in [1.29, 1.82) is 0 Å². The zero-order valence-electron chi connectivity index (χ0n) is 11.3. The molecule has 0 saturated carbocycles. The van der Waals surface area contributed by atoms with Gasteiger partial charge in [0.05, 0.1) is 26.4 Å². The SMILES string of the molecule is CCOCCOCC(NC(C)C)C(=O)OCC. The summed E-state index contributed by atoms with van der Waals surface area (Å²) in [6, 6.07) is -0.198. The molecule has 1 unspecified atom stereocenters. The van der Waals surface area contributed by atoms with Gasteiger partial charge in [-0.25, -0.2) is 0 Å². The number of carbonyl (C=O) groups excluding carboxylic acids is 1. The first-order valence-electron chi connectivity index (χ1n) is 6.19. The predicted octanol–water partition coefficient (Wildman–Crippen LogP) is 0.969. The van der Waals surface area contributed by atoms with E-state index in [1.54, 1.807) is 6.92 Å². The molecule has 1 atom stereocenters. The smallest absolute Gasteiger partial charge is 0.325 e. The fourth-order valence-electron chi connectivity index (χ4n) is 1.29. The fraction of sp³-hybridized carbons (Fsp3) is 0.917. The van der Waals surface area contributed by atoms with Crippen LogP contribution in [0.4, 0.5) is 0 Å². The van der Waals surface area contributed by atoms with Crippen LogP contribution in [0, 0.1) is 0 Å². The lowest BCUT2D eigenvalue weighted by molar-refractivity contribution is -0.147. The molecule has 5 nitrogen and oxygen atoms in total. The van der Waals surface area contributed by atoms with E-state index in [1.807, 2.05) is 20.8 Å². The average Bonchev–Trinajstić information content (AvgIpc) is 2.27.